The second-order valence-electron chi connectivity index (χ2n) is 5.83. The molecule has 6 heteroatoms. The number of amides is 2. The Balaban J connectivity index is 2.65. The molecule has 1 N–H and O–H groups in total. The Morgan fingerprint density at radius 2 is 1.95 bits per heavy atom. The molecule has 20 heavy (non-hydrogen) atoms. The molecule has 1 fully saturated rings. The van der Waals surface area contributed by atoms with E-state index in [2.05, 4.69) is 0 Å². The summed E-state index contributed by atoms with van der Waals surface area (Å²) in [7, 11) is 0. The first kappa shape index (κ1) is 16.3. The second-order valence-corrected chi connectivity index (χ2v) is 5.83. The van der Waals surface area contributed by atoms with Gasteiger partial charge in [0.2, 0.25) is 0 Å². The lowest BCUT2D eigenvalue weighted by atomic mass is 9.80. The van der Waals surface area contributed by atoms with Crippen LogP contribution >= 0.6 is 0 Å². The molecule has 0 atom stereocenters. The van der Waals surface area contributed by atoms with Gasteiger partial charge in [-0.1, -0.05) is 0 Å². The van der Waals surface area contributed by atoms with Gasteiger partial charge in [0.1, 0.15) is 0 Å². The van der Waals surface area contributed by atoms with Crippen molar-refractivity contribution in [2.24, 2.45) is 5.41 Å². The molecule has 2 amide bonds. The van der Waals surface area contributed by atoms with E-state index in [1.54, 1.807) is 16.7 Å². The molecule has 1 heterocycles. The summed E-state index contributed by atoms with van der Waals surface area (Å²) >= 11 is 0. The van der Waals surface area contributed by atoms with E-state index in [1.165, 1.54) is 0 Å². The second kappa shape index (κ2) is 6.60. The van der Waals surface area contributed by atoms with E-state index in [1.807, 2.05) is 19.9 Å². The number of likely N-dealkylation sites (tertiary alicyclic amines) is 1. The zero-order valence-electron chi connectivity index (χ0n) is 12.4. The van der Waals surface area contributed by atoms with Crippen LogP contribution in [0.15, 0.2) is 0 Å². The fraction of sp³-hybridized carbons (Fsp3) is 0.786. The molecular formula is C14H23N3O3. The van der Waals surface area contributed by atoms with Crippen molar-refractivity contribution in [1.82, 2.24) is 9.80 Å². The number of carbonyl (C=O) groups is 2. The van der Waals surface area contributed by atoms with Gasteiger partial charge in [-0.3, -0.25) is 4.79 Å². The molecular weight excluding hydrogens is 258 g/mol. The molecule has 6 nitrogen and oxygen atoms in total. The average Bonchev–Trinajstić information content (AvgIpc) is 2.39. The van der Waals surface area contributed by atoms with Crippen LogP contribution in [0.1, 0.15) is 40.0 Å². The van der Waals surface area contributed by atoms with Gasteiger partial charge < -0.3 is 14.9 Å². The summed E-state index contributed by atoms with van der Waals surface area (Å²) in [6, 6.07) is 1.99. The lowest BCUT2D eigenvalue weighted by molar-refractivity contribution is -0.150. The average molecular weight is 281 g/mol. The van der Waals surface area contributed by atoms with Gasteiger partial charge in [-0.15, -0.1) is 0 Å². The van der Waals surface area contributed by atoms with Gasteiger partial charge in [0.05, 0.1) is 17.9 Å². The first-order valence-corrected chi connectivity index (χ1v) is 6.97. The third-order valence-electron chi connectivity index (χ3n) is 3.99. The predicted octanol–water partition coefficient (Wildman–Crippen LogP) is 1.92. The monoisotopic (exact) mass is 281 g/mol. The summed E-state index contributed by atoms with van der Waals surface area (Å²) in [6.45, 7) is 6.89. The van der Waals surface area contributed by atoms with Crippen LogP contribution in [0, 0.1) is 16.7 Å². The van der Waals surface area contributed by atoms with Crippen molar-refractivity contribution in [2.75, 3.05) is 19.6 Å². The fourth-order valence-electron chi connectivity index (χ4n) is 2.33. The number of carboxylic acid groups (broad SMARTS) is 1. The topological polar surface area (TPSA) is 84.6 Å². The Hall–Kier alpha value is -1.77. The number of carbonyl (C=O) groups excluding carboxylic acids is 1. The third-order valence-corrected chi connectivity index (χ3v) is 3.99. The number of hydrogen-bond acceptors (Lipinski definition) is 3. The van der Waals surface area contributed by atoms with Crippen LogP contribution in [0.25, 0.3) is 0 Å². The Morgan fingerprint density at radius 3 is 2.35 bits per heavy atom. The maximum atomic E-state index is 12.4. The van der Waals surface area contributed by atoms with Crippen molar-refractivity contribution in [1.29, 1.82) is 5.26 Å². The van der Waals surface area contributed by atoms with E-state index in [0.29, 0.717) is 38.9 Å². The maximum absolute atomic E-state index is 12.4. The molecule has 0 bridgehead atoms. The predicted molar refractivity (Wildman–Crippen MR) is 74.0 cm³/mol. The summed E-state index contributed by atoms with van der Waals surface area (Å²) in [5, 5.41) is 17.8. The molecule has 1 saturated heterocycles. The van der Waals surface area contributed by atoms with Gasteiger partial charge in [-0.05, 0) is 33.6 Å². The number of nitrogens with zero attached hydrogens (tertiary/aromatic N) is 3. The summed E-state index contributed by atoms with van der Waals surface area (Å²) in [5.41, 5.74) is -0.730. The van der Waals surface area contributed by atoms with Crippen LogP contribution in [0.3, 0.4) is 0 Å². The number of nitriles is 1. The quantitative estimate of drug-likeness (QED) is 0.853. The van der Waals surface area contributed by atoms with Crippen LogP contribution in [0.4, 0.5) is 4.79 Å². The minimum absolute atomic E-state index is 0.0311. The van der Waals surface area contributed by atoms with Crippen LogP contribution in [0.2, 0.25) is 0 Å². The van der Waals surface area contributed by atoms with Crippen LogP contribution < -0.4 is 0 Å². The normalized spacial score (nSPS) is 17.6. The van der Waals surface area contributed by atoms with Gasteiger partial charge in [0.25, 0.3) is 0 Å². The van der Waals surface area contributed by atoms with Crippen LogP contribution in [0.5, 0.6) is 0 Å². The lowest BCUT2D eigenvalue weighted by Crippen LogP contribution is -2.51. The highest BCUT2D eigenvalue weighted by Crippen LogP contribution is 2.31. The number of rotatable bonds is 4. The molecule has 0 aromatic rings. The number of piperidine rings is 1. The number of hydrogen-bond donors (Lipinski definition) is 1. The summed E-state index contributed by atoms with van der Waals surface area (Å²) in [5.74, 6) is -0.796. The number of urea groups is 1. The fourth-order valence-corrected chi connectivity index (χ4v) is 2.33. The highest BCUT2D eigenvalue weighted by atomic mass is 16.4. The molecule has 112 valence electrons. The van der Waals surface area contributed by atoms with Crippen molar-refractivity contribution in [3.63, 3.8) is 0 Å². The van der Waals surface area contributed by atoms with E-state index < -0.39 is 11.4 Å². The molecule has 1 aliphatic rings. The Bertz CT molecular complexity index is 406. The molecule has 0 spiro atoms. The SMILES string of the molecule is CC(C)N(CCC#N)C(=O)N1CCC(C)(C(=O)O)CC1. The van der Waals surface area contributed by atoms with Gasteiger partial charge >= 0.3 is 12.0 Å². The first-order chi connectivity index (χ1) is 9.31. The van der Waals surface area contributed by atoms with Crippen molar-refractivity contribution < 1.29 is 14.7 Å². The molecule has 1 aliphatic heterocycles. The zero-order chi connectivity index (χ0) is 15.3. The van der Waals surface area contributed by atoms with Gasteiger partial charge in [-0.25, -0.2) is 4.79 Å². The van der Waals surface area contributed by atoms with Gasteiger partial charge in [0.15, 0.2) is 0 Å². The number of carboxylic acids is 1. The van der Waals surface area contributed by atoms with Crippen LogP contribution in [-0.2, 0) is 4.79 Å². The zero-order valence-corrected chi connectivity index (χ0v) is 12.4. The van der Waals surface area contributed by atoms with Crippen molar-refractivity contribution in [3.05, 3.63) is 0 Å². The van der Waals surface area contributed by atoms with E-state index in [0.717, 1.165) is 0 Å². The summed E-state index contributed by atoms with van der Waals surface area (Å²) in [4.78, 5) is 27.0. The Labute approximate surface area is 120 Å². The van der Waals surface area contributed by atoms with Crippen molar-refractivity contribution in [3.8, 4) is 6.07 Å². The largest absolute Gasteiger partial charge is 0.481 e. The molecule has 0 unspecified atom stereocenters. The van der Waals surface area contributed by atoms with Crippen molar-refractivity contribution >= 4 is 12.0 Å². The summed E-state index contributed by atoms with van der Waals surface area (Å²) in [6.07, 6.45) is 1.25. The van der Waals surface area contributed by atoms with E-state index in [9.17, 15) is 14.7 Å². The van der Waals surface area contributed by atoms with E-state index in [-0.39, 0.29) is 12.1 Å². The molecule has 0 aliphatic carbocycles. The Morgan fingerprint density at radius 1 is 1.40 bits per heavy atom. The molecule has 0 radical (unpaired) electrons. The molecule has 0 aromatic heterocycles. The highest BCUT2D eigenvalue weighted by molar-refractivity contribution is 5.77. The third kappa shape index (κ3) is 3.62. The van der Waals surface area contributed by atoms with E-state index >= 15 is 0 Å². The van der Waals surface area contributed by atoms with Crippen molar-refractivity contribution in [2.45, 2.75) is 46.1 Å². The highest BCUT2D eigenvalue weighted by Gasteiger charge is 2.39. The molecule has 0 aromatic carbocycles. The minimum atomic E-state index is -0.796. The summed E-state index contributed by atoms with van der Waals surface area (Å²) < 4.78 is 0. The smallest absolute Gasteiger partial charge is 0.320 e. The maximum Gasteiger partial charge on any atom is 0.320 e. The standard InChI is InChI=1S/C14H23N3O3/c1-11(2)17(8-4-7-15)13(20)16-9-5-14(3,6-10-16)12(18)19/h11H,4-6,8-10H2,1-3H3,(H,18,19). The van der Waals surface area contributed by atoms with Gasteiger partial charge in [-0.2, -0.15) is 5.26 Å². The minimum Gasteiger partial charge on any atom is -0.481 e. The first-order valence-electron chi connectivity index (χ1n) is 6.97. The molecule has 0 saturated carbocycles. The van der Waals surface area contributed by atoms with Gasteiger partial charge in [0, 0.05) is 25.7 Å². The van der Waals surface area contributed by atoms with E-state index in [4.69, 9.17) is 5.26 Å². The molecule has 1 rings (SSSR count). The number of aliphatic carboxylic acids is 1. The lowest BCUT2D eigenvalue weighted by Gasteiger charge is -2.39. The Kier molecular flexibility index (Phi) is 5.37. The van der Waals surface area contributed by atoms with Crippen LogP contribution in [-0.4, -0.2) is 52.6 Å².